The van der Waals surface area contributed by atoms with Crippen molar-refractivity contribution in [2.24, 2.45) is 4.99 Å². The lowest BCUT2D eigenvalue weighted by molar-refractivity contribution is 0.0996. The Balaban J connectivity index is 1.97. The van der Waals surface area contributed by atoms with Crippen LogP contribution in [0.3, 0.4) is 0 Å². The molecule has 29 heavy (non-hydrogen) atoms. The number of carbonyl (C=O) groups is 1. The number of aromatic nitrogens is 1. The van der Waals surface area contributed by atoms with Crippen molar-refractivity contribution in [3.63, 3.8) is 0 Å². The van der Waals surface area contributed by atoms with Gasteiger partial charge in [-0.2, -0.15) is 4.99 Å². The summed E-state index contributed by atoms with van der Waals surface area (Å²) in [5.41, 5.74) is 2.56. The van der Waals surface area contributed by atoms with Gasteiger partial charge in [-0.05, 0) is 57.2 Å². The van der Waals surface area contributed by atoms with Gasteiger partial charge in [0.1, 0.15) is 0 Å². The van der Waals surface area contributed by atoms with Crippen molar-refractivity contribution < 1.29 is 9.53 Å². The third-order valence-electron chi connectivity index (χ3n) is 4.76. The Morgan fingerprint density at radius 1 is 1.14 bits per heavy atom. The zero-order chi connectivity index (χ0) is 20.8. The molecule has 3 aromatic rings. The van der Waals surface area contributed by atoms with Gasteiger partial charge in [0.15, 0.2) is 4.80 Å². The third kappa shape index (κ3) is 4.89. The van der Waals surface area contributed by atoms with Crippen LogP contribution in [0.2, 0.25) is 5.02 Å². The van der Waals surface area contributed by atoms with E-state index in [1.165, 1.54) is 11.3 Å². The highest BCUT2D eigenvalue weighted by atomic mass is 35.5. The second kappa shape index (κ2) is 10.1. The Morgan fingerprint density at radius 2 is 1.86 bits per heavy atom. The zero-order valence-electron chi connectivity index (χ0n) is 17.0. The number of para-hydroxylation sites is 1. The molecule has 3 rings (SSSR count). The number of ether oxygens (including phenoxy) is 1. The number of halogens is 1. The maximum atomic E-state index is 12.8. The lowest BCUT2D eigenvalue weighted by Crippen LogP contribution is -2.22. The molecule has 0 atom stereocenters. The van der Waals surface area contributed by atoms with Crippen LogP contribution >= 0.6 is 22.9 Å². The number of carbonyl (C=O) groups excluding carboxylic acids is 1. The van der Waals surface area contributed by atoms with Crippen molar-refractivity contribution in [3.05, 3.63) is 57.9 Å². The summed E-state index contributed by atoms with van der Waals surface area (Å²) in [4.78, 5) is 20.1. The molecule has 2 aromatic carbocycles. The molecule has 7 heteroatoms. The maximum Gasteiger partial charge on any atom is 0.279 e. The first-order valence-electron chi connectivity index (χ1n) is 9.88. The number of rotatable bonds is 8. The molecule has 0 bridgehead atoms. The first-order chi connectivity index (χ1) is 14.1. The summed E-state index contributed by atoms with van der Waals surface area (Å²) >= 11 is 7.89. The summed E-state index contributed by atoms with van der Waals surface area (Å²) < 4.78 is 8.48. The standard InChI is InChI=1S/C22H26ClN3O2S/c1-4-25(5-2)17-12-10-16(11-13-17)21(27)24-22-26(14-15-28-6-3)20-18(23)8-7-9-19(20)29-22/h7-13H,4-6,14-15H2,1-3H3. The van der Waals surface area contributed by atoms with Gasteiger partial charge in [-0.3, -0.25) is 4.79 Å². The molecular weight excluding hydrogens is 406 g/mol. The molecule has 0 fully saturated rings. The van der Waals surface area contributed by atoms with E-state index in [0.29, 0.717) is 35.1 Å². The van der Waals surface area contributed by atoms with E-state index in [1.807, 2.05) is 54.0 Å². The Hall–Kier alpha value is -2.15. The van der Waals surface area contributed by atoms with Crippen molar-refractivity contribution in [3.8, 4) is 0 Å². The van der Waals surface area contributed by atoms with E-state index in [-0.39, 0.29) is 5.91 Å². The highest BCUT2D eigenvalue weighted by molar-refractivity contribution is 7.16. The molecule has 154 valence electrons. The molecule has 0 unspecified atom stereocenters. The molecule has 1 amide bonds. The number of nitrogens with zero attached hydrogens (tertiary/aromatic N) is 3. The summed E-state index contributed by atoms with van der Waals surface area (Å²) in [7, 11) is 0. The van der Waals surface area contributed by atoms with Gasteiger partial charge in [-0.25, -0.2) is 0 Å². The molecule has 0 N–H and O–H groups in total. The number of benzene rings is 2. The fourth-order valence-corrected chi connectivity index (χ4v) is 4.65. The average molecular weight is 432 g/mol. The fourth-order valence-electron chi connectivity index (χ4n) is 3.23. The fraction of sp³-hybridized carbons (Fsp3) is 0.364. The molecule has 1 aromatic heterocycles. The minimum Gasteiger partial charge on any atom is -0.380 e. The largest absolute Gasteiger partial charge is 0.380 e. The second-order valence-corrected chi connectivity index (χ2v) is 7.87. The summed E-state index contributed by atoms with van der Waals surface area (Å²) in [6.45, 7) is 9.81. The first-order valence-corrected chi connectivity index (χ1v) is 11.1. The van der Waals surface area contributed by atoms with Crippen molar-refractivity contribution >= 4 is 44.7 Å². The number of hydrogen-bond donors (Lipinski definition) is 0. The van der Waals surface area contributed by atoms with Crippen molar-refractivity contribution in [1.82, 2.24) is 4.57 Å². The van der Waals surface area contributed by atoms with Crippen LogP contribution < -0.4 is 9.70 Å². The minimum atomic E-state index is -0.260. The van der Waals surface area contributed by atoms with E-state index < -0.39 is 0 Å². The Labute approximate surface area is 180 Å². The summed E-state index contributed by atoms with van der Waals surface area (Å²) in [5, 5.41) is 0.646. The molecular formula is C22H26ClN3O2S. The van der Waals surface area contributed by atoms with Crippen molar-refractivity contribution in [1.29, 1.82) is 0 Å². The maximum absolute atomic E-state index is 12.8. The quantitative estimate of drug-likeness (QED) is 0.472. The predicted octanol–water partition coefficient (Wildman–Crippen LogP) is 4.98. The van der Waals surface area contributed by atoms with Gasteiger partial charge in [0.2, 0.25) is 0 Å². The molecule has 0 saturated heterocycles. The van der Waals surface area contributed by atoms with Crippen molar-refractivity contribution in [2.45, 2.75) is 27.3 Å². The van der Waals surface area contributed by atoms with Gasteiger partial charge in [0.05, 0.1) is 21.8 Å². The van der Waals surface area contributed by atoms with Crippen LogP contribution in [-0.2, 0) is 11.3 Å². The minimum absolute atomic E-state index is 0.260. The van der Waals surface area contributed by atoms with Gasteiger partial charge in [-0.1, -0.05) is 29.0 Å². The van der Waals surface area contributed by atoms with E-state index in [4.69, 9.17) is 16.3 Å². The summed E-state index contributed by atoms with van der Waals surface area (Å²) in [6.07, 6.45) is 0. The number of thiazole rings is 1. The Bertz CT molecular complexity index is 1040. The first kappa shape index (κ1) is 21.6. The average Bonchev–Trinajstić information content (AvgIpc) is 3.08. The topological polar surface area (TPSA) is 46.8 Å². The van der Waals surface area contributed by atoms with E-state index in [2.05, 4.69) is 23.7 Å². The van der Waals surface area contributed by atoms with Gasteiger partial charge >= 0.3 is 0 Å². The van der Waals surface area contributed by atoms with Gasteiger partial charge < -0.3 is 14.2 Å². The predicted molar refractivity (Wildman–Crippen MR) is 121 cm³/mol. The third-order valence-corrected chi connectivity index (χ3v) is 6.10. The van der Waals surface area contributed by atoms with Crippen LogP contribution in [0.1, 0.15) is 31.1 Å². The SMILES string of the molecule is CCOCCn1c(=NC(=O)c2ccc(N(CC)CC)cc2)sc2cccc(Cl)c21. The zero-order valence-corrected chi connectivity index (χ0v) is 18.6. The molecule has 1 heterocycles. The highest BCUT2D eigenvalue weighted by Gasteiger charge is 2.12. The summed E-state index contributed by atoms with van der Waals surface area (Å²) in [5.74, 6) is -0.260. The smallest absolute Gasteiger partial charge is 0.279 e. The molecule has 0 aliphatic heterocycles. The van der Waals surface area contributed by atoms with Crippen LogP contribution in [0, 0.1) is 0 Å². The number of fused-ring (bicyclic) bond motifs is 1. The molecule has 5 nitrogen and oxygen atoms in total. The Morgan fingerprint density at radius 3 is 2.52 bits per heavy atom. The molecule has 0 aliphatic rings. The lowest BCUT2D eigenvalue weighted by atomic mass is 10.2. The van der Waals surface area contributed by atoms with E-state index in [9.17, 15) is 4.79 Å². The van der Waals surface area contributed by atoms with Crippen molar-refractivity contribution in [2.75, 3.05) is 31.2 Å². The van der Waals surface area contributed by atoms with Gasteiger partial charge in [-0.15, -0.1) is 0 Å². The van der Waals surface area contributed by atoms with Crippen LogP contribution in [0.15, 0.2) is 47.5 Å². The van der Waals surface area contributed by atoms with Crippen LogP contribution in [0.5, 0.6) is 0 Å². The highest BCUT2D eigenvalue weighted by Crippen LogP contribution is 2.25. The normalized spacial score (nSPS) is 11.9. The van der Waals surface area contributed by atoms with E-state index >= 15 is 0 Å². The number of hydrogen-bond acceptors (Lipinski definition) is 4. The molecule has 0 saturated carbocycles. The number of anilines is 1. The lowest BCUT2D eigenvalue weighted by Gasteiger charge is -2.20. The second-order valence-electron chi connectivity index (χ2n) is 6.46. The molecule has 0 spiro atoms. The van der Waals surface area contributed by atoms with Gasteiger partial charge in [0.25, 0.3) is 5.91 Å². The summed E-state index contributed by atoms with van der Waals surface area (Å²) in [6, 6.07) is 13.4. The Kier molecular flexibility index (Phi) is 7.47. The van der Waals surface area contributed by atoms with E-state index in [1.54, 1.807) is 0 Å². The molecule has 0 radical (unpaired) electrons. The van der Waals surface area contributed by atoms with Crippen LogP contribution in [0.4, 0.5) is 5.69 Å². The number of amides is 1. The van der Waals surface area contributed by atoms with Crippen LogP contribution in [-0.4, -0.2) is 36.8 Å². The monoisotopic (exact) mass is 431 g/mol. The van der Waals surface area contributed by atoms with E-state index in [0.717, 1.165) is 29.0 Å². The van der Waals surface area contributed by atoms with Crippen LogP contribution in [0.25, 0.3) is 10.2 Å². The molecule has 0 aliphatic carbocycles. The van der Waals surface area contributed by atoms with Gasteiger partial charge in [0, 0.05) is 37.5 Å².